The second-order valence-electron chi connectivity index (χ2n) is 9.41. The van der Waals surface area contributed by atoms with Crippen LogP contribution in [-0.2, 0) is 38.8 Å². The van der Waals surface area contributed by atoms with Crippen molar-refractivity contribution in [1.82, 2.24) is 0 Å². The second kappa shape index (κ2) is 10.3. The van der Waals surface area contributed by atoms with Crippen LogP contribution in [0.4, 0.5) is 0 Å². The molecule has 33 heavy (non-hydrogen) atoms. The number of benzene rings is 1. The van der Waals surface area contributed by atoms with Gasteiger partial charge in [0.1, 0.15) is 4.88 Å². The Morgan fingerprint density at radius 2 is 1.42 bits per heavy atom. The topological polar surface area (TPSA) is 125 Å². The number of carboxylic acids is 1. The lowest BCUT2D eigenvalue weighted by molar-refractivity contribution is -0.162. The number of carbonyl (C=O) groups excluding carboxylic acids is 2. The van der Waals surface area contributed by atoms with Crippen LogP contribution in [0.3, 0.4) is 0 Å². The van der Waals surface area contributed by atoms with Crippen LogP contribution in [0.25, 0.3) is 10.1 Å². The number of fused-ring (bicyclic) bond motifs is 1. The summed E-state index contributed by atoms with van der Waals surface area (Å²) in [6.45, 7) is 8.78. The third kappa shape index (κ3) is 7.92. The van der Waals surface area contributed by atoms with Crippen molar-refractivity contribution in [3.63, 3.8) is 0 Å². The lowest BCUT2D eigenvalue weighted by Gasteiger charge is -2.22. The number of carboxylic acid groups (broad SMARTS) is 1. The highest BCUT2D eigenvalue weighted by atomic mass is 32.1. The first-order valence-electron chi connectivity index (χ1n) is 10.1. The minimum atomic E-state index is -3.92. The van der Waals surface area contributed by atoms with Gasteiger partial charge in [0.25, 0.3) is 0 Å². The Hall–Kier alpha value is -2.26. The Bertz CT molecular complexity index is 1040. The summed E-state index contributed by atoms with van der Waals surface area (Å²) in [4.78, 5) is 35.4. The molecule has 0 amide bonds. The van der Waals surface area contributed by atoms with E-state index >= 15 is 0 Å². The van der Waals surface area contributed by atoms with Crippen molar-refractivity contribution in [1.29, 1.82) is 0 Å². The zero-order valence-electron chi connectivity index (χ0n) is 19.5. The summed E-state index contributed by atoms with van der Waals surface area (Å²) in [5, 5.41) is 9.85. The summed E-state index contributed by atoms with van der Waals surface area (Å²) in [6, 6.07) is 6.59. The molecular weight excluding hydrogens is 471 g/mol. The zero-order chi connectivity index (χ0) is 25.0. The molecule has 0 spiro atoms. The Labute approximate surface area is 196 Å². The quantitative estimate of drug-likeness (QED) is 0.273. The number of aromatic carboxylic acids is 1. The average molecular weight is 501 g/mol. The average Bonchev–Trinajstić information content (AvgIpc) is 3.10. The Morgan fingerprint density at radius 3 is 1.88 bits per heavy atom. The minimum Gasteiger partial charge on any atom is -0.477 e. The van der Waals surface area contributed by atoms with Crippen molar-refractivity contribution in [3.05, 3.63) is 34.7 Å². The Balaban J connectivity index is 2.17. The first-order valence-corrected chi connectivity index (χ1v) is 12.6. The highest BCUT2D eigenvalue weighted by Crippen LogP contribution is 2.52. The molecule has 11 heteroatoms. The molecule has 1 aromatic carbocycles. The molecule has 1 aromatic heterocycles. The van der Waals surface area contributed by atoms with Crippen molar-refractivity contribution in [2.75, 3.05) is 13.6 Å². The molecule has 0 aliphatic rings. The molecular formula is C22H29O9PS. The van der Waals surface area contributed by atoms with Crippen LogP contribution in [0.2, 0.25) is 0 Å². The first-order chi connectivity index (χ1) is 15.1. The number of rotatable bonds is 9. The number of esters is 2. The van der Waals surface area contributed by atoms with E-state index in [2.05, 4.69) is 0 Å². The van der Waals surface area contributed by atoms with Crippen LogP contribution in [0, 0.1) is 10.8 Å². The molecule has 1 N–H and O–H groups in total. The second-order valence-corrected chi connectivity index (χ2v) is 12.6. The molecule has 0 aliphatic carbocycles. The maximum Gasteiger partial charge on any atom is 0.345 e. The monoisotopic (exact) mass is 500 g/mol. The van der Waals surface area contributed by atoms with Gasteiger partial charge in [-0.3, -0.25) is 23.2 Å². The van der Waals surface area contributed by atoms with Gasteiger partial charge in [0, 0.05) is 4.70 Å². The van der Waals surface area contributed by atoms with Gasteiger partial charge in [0.2, 0.25) is 13.6 Å². The molecule has 0 bridgehead atoms. The van der Waals surface area contributed by atoms with Crippen LogP contribution < -0.4 is 0 Å². The van der Waals surface area contributed by atoms with Gasteiger partial charge >= 0.3 is 25.5 Å². The summed E-state index contributed by atoms with van der Waals surface area (Å²) in [6.07, 6.45) is -0.207. The molecule has 0 saturated carbocycles. The first kappa shape index (κ1) is 27.0. The Kier molecular flexibility index (Phi) is 8.46. The third-order valence-corrected chi connectivity index (χ3v) is 7.13. The van der Waals surface area contributed by atoms with E-state index in [9.17, 15) is 24.1 Å². The van der Waals surface area contributed by atoms with Crippen molar-refractivity contribution < 1.29 is 42.6 Å². The van der Waals surface area contributed by atoms with Gasteiger partial charge in [0.15, 0.2) is 0 Å². The van der Waals surface area contributed by atoms with Gasteiger partial charge in [0.05, 0.1) is 17.0 Å². The largest absolute Gasteiger partial charge is 0.477 e. The third-order valence-electron chi connectivity index (χ3n) is 4.27. The highest BCUT2D eigenvalue weighted by molar-refractivity contribution is 7.53. The van der Waals surface area contributed by atoms with Crippen LogP contribution in [-0.4, -0.2) is 36.6 Å². The van der Waals surface area contributed by atoms with E-state index in [0.717, 1.165) is 16.0 Å². The summed E-state index contributed by atoms with van der Waals surface area (Å²) in [5.41, 5.74) is -1.00. The van der Waals surface area contributed by atoms with Crippen molar-refractivity contribution in [3.8, 4) is 0 Å². The van der Waals surface area contributed by atoms with E-state index < -0.39 is 49.9 Å². The van der Waals surface area contributed by atoms with Gasteiger partial charge in [-0.15, -0.1) is 11.3 Å². The van der Waals surface area contributed by atoms with E-state index in [1.807, 2.05) is 0 Å². The summed E-state index contributed by atoms with van der Waals surface area (Å²) < 4.78 is 34.9. The maximum atomic E-state index is 13.4. The molecule has 2 rings (SSSR count). The number of hydrogen-bond donors (Lipinski definition) is 1. The number of thiophene rings is 1. The van der Waals surface area contributed by atoms with Gasteiger partial charge in [-0.25, -0.2) is 4.79 Å². The molecule has 0 saturated heterocycles. The SMILES string of the molecule is CC(C)(C)C(=O)OCOP(=O)(Cc1ccc2sc(C(=O)O)cc2c1)OCOC(=O)C(C)(C)C. The van der Waals surface area contributed by atoms with Crippen LogP contribution in [0.5, 0.6) is 0 Å². The fraction of sp³-hybridized carbons (Fsp3) is 0.500. The predicted octanol–water partition coefficient (Wildman–Crippen LogP) is 5.42. The molecule has 9 nitrogen and oxygen atoms in total. The lowest BCUT2D eigenvalue weighted by atomic mass is 9.98. The van der Waals surface area contributed by atoms with Gasteiger partial charge in [-0.2, -0.15) is 0 Å². The lowest BCUT2D eigenvalue weighted by Crippen LogP contribution is -2.24. The van der Waals surface area contributed by atoms with E-state index in [-0.39, 0.29) is 11.0 Å². The summed E-state index contributed by atoms with van der Waals surface area (Å²) in [5.74, 6) is -2.13. The molecule has 1 heterocycles. The van der Waals surface area contributed by atoms with Crippen molar-refractivity contribution >= 4 is 46.9 Å². The smallest absolute Gasteiger partial charge is 0.345 e. The summed E-state index contributed by atoms with van der Waals surface area (Å²) in [7, 11) is -3.92. The molecule has 0 radical (unpaired) electrons. The molecule has 2 aromatic rings. The molecule has 182 valence electrons. The van der Waals surface area contributed by atoms with E-state index in [4.69, 9.17) is 18.5 Å². The molecule has 0 aliphatic heterocycles. The fourth-order valence-corrected chi connectivity index (χ4v) is 4.61. The van der Waals surface area contributed by atoms with Crippen molar-refractivity contribution in [2.24, 2.45) is 10.8 Å². The summed E-state index contributed by atoms with van der Waals surface area (Å²) >= 11 is 1.12. The number of hydrogen-bond acceptors (Lipinski definition) is 9. The predicted molar refractivity (Wildman–Crippen MR) is 123 cm³/mol. The molecule has 0 atom stereocenters. The highest BCUT2D eigenvalue weighted by Gasteiger charge is 2.30. The molecule has 0 fully saturated rings. The zero-order valence-corrected chi connectivity index (χ0v) is 21.2. The van der Waals surface area contributed by atoms with Crippen LogP contribution in [0.1, 0.15) is 56.8 Å². The van der Waals surface area contributed by atoms with Gasteiger partial charge in [-0.05, 0) is 70.7 Å². The Morgan fingerprint density at radius 1 is 0.909 bits per heavy atom. The standard InChI is InChI=1S/C22H29O9PS/c1-21(2,3)19(25)28-12-30-32(27,31-13-29-20(26)22(4,5)6)11-14-7-8-16-15(9-14)10-17(33-16)18(23)24/h7-10H,11-13H2,1-6H3,(H,23,24). The minimum absolute atomic E-state index is 0.181. The maximum absolute atomic E-state index is 13.4. The molecule has 0 unspecified atom stereocenters. The fourth-order valence-electron chi connectivity index (χ4n) is 2.40. The number of carbonyl (C=O) groups is 3. The van der Waals surface area contributed by atoms with Crippen LogP contribution >= 0.6 is 18.9 Å². The van der Waals surface area contributed by atoms with Crippen molar-refractivity contribution in [2.45, 2.75) is 47.7 Å². The van der Waals surface area contributed by atoms with E-state index in [1.165, 1.54) is 6.07 Å². The van der Waals surface area contributed by atoms with Crippen LogP contribution in [0.15, 0.2) is 24.3 Å². The van der Waals surface area contributed by atoms with E-state index in [0.29, 0.717) is 10.9 Å². The van der Waals surface area contributed by atoms with Gasteiger partial charge in [-0.1, -0.05) is 6.07 Å². The number of ether oxygens (including phenoxy) is 2. The van der Waals surface area contributed by atoms with E-state index in [1.54, 1.807) is 59.7 Å². The normalized spacial score (nSPS) is 12.5. The van der Waals surface area contributed by atoms with Gasteiger partial charge < -0.3 is 14.6 Å².